The minimum atomic E-state index is -0.257. The van der Waals surface area contributed by atoms with Crippen molar-refractivity contribution in [3.8, 4) is 0 Å². The Balaban J connectivity index is 2.35. The maximum absolute atomic E-state index is 3.51. The summed E-state index contributed by atoms with van der Waals surface area (Å²) in [4.78, 5) is 0. The van der Waals surface area contributed by atoms with E-state index in [0.717, 1.165) is 8.95 Å². The van der Waals surface area contributed by atoms with E-state index in [1.54, 1.807) is 0 Å². The van der Waals surface area contributed by atoms with Gasteiger partial charge in [0.25, 0.3) is 0 Å². The molecule has 0 nitrogen and oxygen atoms in total. The molecule has 100 valence electrons. The lowest BCUT2D eigenvalue weighted by molar-refractivity contribution is 0.747. The molecule has 0 N–H and O–H groups in total. The summed E-state index contributed by atoms with van der Waals surface area (Å²) in [6.45, 7) is 4.60. The second-order valence-electron chi connectivity index (χ2n) is 4.96. The van der Waals surface area contributed by atoms with E-state index in [4.69, 9.17) is 0 Å². The molecule has 0 aliphatic rings. The van der Waals surface area contributed by atoms with Crippen LogP contribution in [0.2, 0.25) is 0 Å². The Hall–Kier alpha value is -0.170. The van der Waals surface area contributed by atoms with Crippen molar-refractivity contribution in [1.29, 1.82) is 0 Å². The Kier molecular flexibility index (Phi) is 5.62. The fourth-order valence-corrected chi connectivity index (χ4v) is 4.96. The molecule has 0 heterocycles. The summed E-state index contributed by atoms with van der Waals surface area (Å²) in [5, 5.41) is 2.91. The molecule has 0 bridgehead atoms. The lowest BCUT2D eigenvalue weighted by Gasteiger charge is -2.21. The summed E-state index contributed by atoms with van der Waals surface area (Å²) < 4.78 is 2.29. The van der Waals surface area contributed by atoms with Crippen LogP contribution in [-0.4, -0.2) is 6.16 Å². The van der Waals surface area contributed by atoms with Gasteiger partial charge in [-0.05, 0) is 54.9 Å². The van der Waals surface area contributed by atoms with Crippen LogP contribution >= 0.6 is 39.8 Å². The van der Waals surface area contributed by atoms with E-state index >= 15 is 0 Å². The van der Waals surface area contributed by atoms with Gasteiger partial charge in [0.1, 0.15) is 0 Å². The van der Waals surface area contributed by atoms with E-state index < -0.39 is 0 Å². The monoisotopic (exact) mass is 398 g/mol. The van der Waals surface area contributed by atoms with Crippen molar-refractivity contribution in [2.75, 3.05) is 6.16 Å². The van der Waals surface area contributed by atoms with Crippen molar-refractivity contribution in [3.05, 3.63) is 57.5 Å². The van der Waals surface area contributed by atoms with E-state index in [9.17, 15) is 0 Å². The zero-order valence-electron chi connectivity index (χ0n) is 11.1. The van der Waals surface area contributed by atoms with Gasteiger partial charge in [0.15, 0.2) is 0 Å². The molecule has 0 unspecified atom stereocenters. The second kappa shape index (κ2) is 7.02. The first kappa shape index (κ1) is 15.2. The van der Waals surface area contributed by atoms with Crippen LogP contribution in [0.4, 0.5) is 0 Å². The van der Waals surface area contributed by atoms with Crippen LogP contribution in [0.1, 0.15) is 13.8 Å². The van der Waals surface area contributed by atoms with Gasteiger partial charge in [-0.1, -0.05) is 70.0 Å². The Morgan fingerprint density at radius 3 is 1.47 bits per heavy atom. The summed E-state index contributed by atoms with van der Waals surface area (Å²) >= 11 is 7.02. The number of benzene rings is 2. The number of hydrogen-bond acceptors (Lipinski definition) is 0. The third-order valence-corrected chi connectivity index (χ3v) is 6.82. The quantitative estimate of drug-likeness (QED) is 0.612. The zero-order valence-corrected chi connectivity index (χ0v) is 15.2. The lowest BCUT2D eigenvalue weighted by atomic mass is 10.3. The average Bonchev–Trinajstić information content (AvgIpc) is 2.38. The second-order valence-corrected chi connectivity index (χ2v) is 9.04. The standard InChI is InChI=1S/C16H17Br2P/c1-12(2)11-19(15-7-3-13(17)4-8-15)16-9-5-14(18)6-10-16/h3-10,12H,11H2,1-2H3. The topological polar surface area (TPSA) is 0 Å². The van der Waals surface area contributed by atoms with Crippen molar-refractivity contribution in [1.82, 2.24) is 0 Å². The molecular weight excluding hydrogens is 383 g/mol. The third-order valence-electron chi connectivity index (χ3n) is 2.82. The first-order valence-electron chi connectivity index (χ1n) is 6.35. The molecule has 2 aromatic carbocycles. The van der Waals surface area contributed by atoms with Crippen LogP contribution in [0.3, 0.4) is 0 Å². The van der Waals surface area contributed by atoms with Crippen LogP contribution in [0.5, 0.6) is 0 Å². The van der Waals surface area contributed by atoms with Gasteiger partial charge in [0.2, 0.25) is 0 Å². The molecule has 2 rings (SSSR count). The minimum absolute atomic E-state index is 0.257. The molecule has 0 spiro atoms. The molecule has 19 heavy (non-hydrogen) atoms. The van der Waals surface area contributed by atoms with Gasteiger partial charge >= 0.3 is 0 Å². The van der Waals surface area contributed by atoms with Gasteiger partial charge in [-0.2, -0.15) is 0 Å². The fourth-order valence-electron chi connectivity index (χ4n) is 1.97. The summed E-state index contributed by atoms with van der Waals surface area (Å²) in [5.74, 6) is 0.707. The Bertz CT molecular complexity index is 472. The number of hydrogen-bond donors (Lipinski definition) is 0. The van der Waals surface area contributed by atoms with Crippen molar-refractivity contribution in [2.24, 2.45) is 5.92 Å². The van der Waals surface area contributed by atoms with Gasteiger partial charge < -0.3 is 0 Å². The van der Waals surface area contributed by atoms with Crippen molar-refractivity contribution in [2.45, 2.75) is 13.8 Å². The number of rotatable bonds is 4. The van der Waals surface area contributed by atoms with E-state index in [-0.39, 0.29) is 7.92 Å². The highest BCUT2D eigenvalue weighted by Crippen LogP contribution is 2.36. The van der Waals surface area contributed by atoms with Crippen LogP contribution in [0, 0.1) is 5.92 Å². The molecule has 2 aromatic rings. The maximum Gasteiger partial charge on any atom is 0.0175 e. The fraction of sp³-hybridized carbons (Fsp3) is 0.250. The molecule has 0 fully saturated rings. The van der Waals surface area contributed by atoms with Crippen LogP contribution in [0.15, 0.2) is 57.5 Å². The van der Waals surface area contributed by atoms with E-state index in [1.165, 1.54) is 16.8 Å². The van der Waals surface area contributed by atoms with Crippen LogP contribution in [-0.2, 0) is 0 Å². The van der Waals surface area contributed by atoms with Gasteiger partial charge in [0, 0.05) is 8.95 Å². The molecule has 3 heteroatoms. The molecule has 0 radical (unpaired) electrons. The average molecular weight is 400 g/mol. The molecule has 0 saturated heterocycles. The highest BCUT2D eigenvalue weighted by atomic mass is 79.9. The summed E-state index contributed by atoms with van der Waals surface area (Å²) in [7, 11) is -0.257. The highest BCUT2D eigenvalue weighted by Gasteiger charge is 2.15. The van der Waals surface area contributed by atoms with Gasteiger partial charge in [-0.25, -0.2) is 0 Å². The van der Waals surface area contributed by atoms with Crippen LogP contribution < -0.4 is 10.6 Å². The molecule has 0 aromatic heterocycles. The Morgan fingerprint density at radius 1 is 0.789 bits per heavy atom. The third kappa shape index (κ3) is 4.41. The van der Waals surface area contributed by atoms with Crippen molar-refractivity contribution >= 4 is 50.4 Å². The zero-order chi connectivity index (χ0) is 13.8. The summed E-state index contributed by atoms with van der Waals surface area (Å²) in [6, 6.07) is 17.6. The maximum atomic E-state index is 3.51. The Labute approximate surface area is 133 Å². The molecular formula is C16H17Br2P. The van der Waals surface area contributed by atoms with Crippen molar-refractivity contribution in [3.63, 3.8) is 0 Å². The molecule has 0 aliphatic carbocycles. The minimum Gasteiger partial charge on any atom is -0.0624 e. The summed E-state index contributed by atoms with van der Waals surface area (Å²) in [5.41, 5.74) is 0. The first-order valence-corrected chi connectivity index (χ1v) is 9.46. The van der Waals surface area contributed by atoms with Gasteiger partial charge in [-0.3, -0.25) is 0 Å². The predicted octanol–water partition coefficient (Wildman–Crippen LogP) is 5.30. The molecule has 0 saturated carbocycles. The van der Waals surface area contributed by atoms with Crippen molar-refractivity contribution < 1.29 is 0 Å². The van der Waals surface area contributed by atoms with E-state index in [2.05, 4.69) is 94.2 Å². The van der Waals surface area contributed by atoms with Gasteiger partial charge in [0.05, 0.1) is 0 Å². The van der Waals surface area contributed by atoms with Crippen LogP contribution in [0.25, 0.3) is 0 Å². The Morgan fingerprint density at radius 2 is 1.16 bits per heavy atom. The highest BCUT2D eigenvalue weighted by molar-refractivity contribution is 9.10. The first-order chi connectivity index (χ1) is 9.06. The smallest absolute Gasteiger partial charge is 0.0175 e. The SMILES string of the molecule is CC(C)CP(c1ccc(Br)cc1)c1ccc(Br)cc1. The largest absolute Gasteiger partial charge is 0.0624 e. The number of halogens is 2. The molecule has 0 aliphatic heterocycles. The lowest BCUT2D eigenvalue weighted by Crippen LogP contribution is -2.16. The normalized spacial score (nSPS) is 11.3. The van der Waals surface area contributed by atoms with E-state index in [1.807, 2.05) is 0 Å². The van der Waals surface area contributed by atoms with E-state index in [0.29, 0.717) is 5.92 Å². The predicted molar refractivity (Wildman–Crippen MR) is 94.2 cm³/mol. The van der Waals surface area contributed by atoms with Gasteiger partial charge in [-0.15, -0.1) is 0 Å². The molecule has 0 amide bonds. The summed E-state index contributed by atoms with van der Waals surface area (Å²) in [6.07, 6.45) is 1.23. The molecule has 0 atom stereocenters.